The Hall–Kier alpha value is 0.0200. The first-order chi connectivity index (χ1) is 7.66. The third-order valence-corrected chi connectivity index (χ3v) is 5.47. The molecule has 0 N–H and O–H groups in total. The summed E-state index contributed by atoms with van der Waals surface area (Å²) >= 11 is 1.92. The van der Waals surface area contributed by atoms with Crippen molar-refractivity contribution in [2.24, 2.45) is 17.8 Å². The van der Waals surface area contributed by atoms with Crippen LogP contribution in [0.3, 0.4) is 0 Å². The molecule has 1 saturated heterocycles. The molecule has 3 unspecified atom stereocenters. The Kier molecular flexibility index (Phi) is 4.34. The lowest BCUT2D eigenvalue weighted by atomic mass is 9.74. The highest BCUT2D eigenvalue weighted by Crippen LogP contribution is 2.37. The first-order valence-electron chi connectivity index (χ1n) is 6.82. The second-order valence-electron chi connectivity index (χ2n) is 5.87. The Morgan fingerprint density at radius 3 is 2.31 bits per heavy atom. The zero-order valence-corrected chi connectivity index (χ0v) is 11.4. The Balaban J connectivity index is 1.92. The van der Waals surface area contributed by atoms with Crippen LogP contribution in [0.5, 0.6) is 0 Å². The van der Waals surface area contributed by atoms with Crippen LogP contribution in [-0.2, 0) is 4.79 Å². The van der Waals surface area contributed by atoms with E-state index in [2.05, 4.69) is 13.8 Å². The van der Waals surface area contributed by atoms with E-state index in [-0.39, 0.29) is 0 Å². The highest BCUT2D eigenvalue weighted by Gasteiger charge is 2.33. The Morgan fingerprint density at radius 1 is 1.06 bits per heavy atom. The summed E-state index contributed by atoms with van der Waals surface area (Å²) < 4.78 is 0. The van der Waals surface area contributed by atoms with Crippen LogP contribution < -0.4 is 0 Å². The Morgan fingerprint density at radius 2 is 1.75 bits per heavy atom. The number of hydrogen-bond donors (Lipinski definition) is 0. The zero-order chi connectivity index (χ0) is 11.5. The minimum Gasteiger partial charge on any atom is -0.298 e. The summed E-state index contributed by atoms with van der Waals surface area (Å²) in [6.07, 6.45) is 7.35. The van der Waals surface area contributed by atoms with Crippen LogP contribution in [0, 0.1) is 17.8 Å². The number of ketones is 1. The predicted octanol–water partition coefficient (Wildman–Crippen LogP) is 3.91. The molecule has 1 nitrogen and oxygen atoms in total. The van der Waals surface area contributed by atoms with E-state index in [1.54, 1.807) is 0 Å². The van der Waals surface area contributed by atoms with Crippen LogP contribution in [0.1, 0.15) is 52.4 Å². The highest BCUT2D eigenvalue weighted by molar-refractivity contribution is 8.00. The van der Waals surface area contributed by atoms with Crippen molar-refractivity contribution in [2.75, 3.05) is 5.75 Å². The summed E-state index contributed by atoms with van der Waals surface area (Å²) in [6.45, 7) is 4.62. The number of thioether (sulfide) groups is 1. The molecule has 0 aromatic rings. The van der Waals surface area contributed by atoms with E-state index in [9.17, 15) is 4.79 Å². The Bertz CT molecular complexity index is 235. The average molecular weight is 240 g/mol. The minimum absolute atomic E-state index is 0.344. The molecule has 0 aromatic heterocycles. The van der Waals surface area contributed by atoms with Crippen molar-refractivity contribution in [3.05, 3.63) is 0 Å². The van der Waals surface area contributed by atoms with Crippen molar-refractivity contribution in [3.63, 3.8) is 0 Å². The summed E-state index contributed by atoms with van der Waals surface area (Å²) in [5, 5.41) is 0.344. The van der Waals surface area contributed by atoms with Crippen molar-refractivity contribution >= 4 is 17.5 Å². The topological polar surface area (TPSA) is 17.1 Å². The van der Waals surface area contributed by atoms with E-state index >= 15 is 0 Å². The van der Waals surface area contributed by atoms with Gasteiger partial charge in [-0.2, -0.15) is 11.8 Å². The molecule has 0 amide bonds. The molecular formula is C14H24OS. The van der Waals surface area contributed by atoms with Crippen LogP contribution in [0.4, 0.5) is 0 Å². The molecule has 1 aliphatic carbocycles. The molecule has 1 saturated carbocycles. The van der Waals surface area contributed by atoms with Gasteiger partial charge in [0.05, 0.1) is 5.25 Å². The predicted molar refractivity (Wildman–Crippen MR) is 70.8 cm³/mol. The highest BCUT2D eigenvalue weighted by atomic mass is 32.2. The first kappa shape index (κ1) is 12.5. The fourth-order valence-electron chi connectivity index (χ4n) is 3.41. The van der Waals surface area contributed by atoms with Gasteiger partial charge in [-0.3, -0.25) is 4.79 Å². The van der Waals surface area contributed by atoms with Gasteiger partial charge in [0.15, 0.2) is 0 Å². The zero-order valence-electron chi connectivity index (χ0n) is 10.6. The fourth-order valence-corrected chi connectivity index (χ4v) is 4.75. The lowest BCUT2D eigenvalue weighted by molar-refractivity contribution is -0.124. The normalized spacial score (nSPS) is 40.6. The second kappa shape index (κ2) is 5.57. The van der Waals surface area contributed by atoms with Crippen LogP contribution in [0.25, 0.3) is 0 Å². The molecule has 1 heterocycles. The van der Waals surface area contributed by atoms with E-state index in [0.29, 0.717) is 17.0 Å². The minimum atomic E-state index is 0.344. The molecule has 0 spiro atoms. The molecule has 92 valence electrons. The molecule has 2 fully saturated rings. The SMILES string of the molecule is CC1CC(C)CC(C(=O)C2CCCCS2)C1. The van der Waals surface area contributed by atoms with Gasteiger partial charge < -0.3 is 0 Å². The van der Waals surface area contributed by atoms with Gasteiger partial charge >= 0.3 is 0 Å². The monoisotopic (exact) mass is 240 g/mol. The molecule has 0 bridgehead atoms. The number of rotatable bonds is 2. The van der Waals surface area contributed by atoms with Crippen molar-refractivity contribution in [3.8, 4) is 0 Å². The largest absolute Gasteiger partial charge is 0.298 e. The van der Waals surface area contributed by atoms with Gasteiger partial charge in [-0.15, -0.1) is 0 Å². The van der Waals surface area contributed by atoms with E-state index < -0.39 is 0 Å². The van der Waals surface area contributed by atoms with Gasteiger partial charge in [0, 0.05) is 5.92 Å². The standard InChI is InChI=1S/C14H24OS/c1-10-7-11(2)9-12(8-10)14(15)13-5-3-4-6-16-13/h10-13H,3-9H2,1-2H3. The van der Waals surface area contributed by atoms with Gasteiger partial charge in [-0.05, 0) is 49.7 Å². The molecular weight excluding hydrogens is 216 g/mol. The molecule has 16 heavy (non-hydrogen) atoms. The molecule has 0 radical (unpaired) electrons. The third-order valence-electron chi connectivity index (χ3n) is 4.08. The van der Waals surface area contributed by atoms with Gasteiger partial charge in [0.1, 0.15) is 5.78 Å². The fraction of sp³-hybridized carbons (Fsp3) is 0.929. The lowest BCUT2D eigenvalue weighted by Crippen LogP contribution is -2.33. The number of carbonyl (C=O) groups excluding carboxylic acids is 1. The van der Waals surface area contributed by atoms with E-state index in [0.717, 1.165) is 31.1 Å². The molecule has 1 aliphatic heterocycles. The second-order valence-corrected chi connectivity index (χ2v) is 7.18. The molecule has 2 heteroatoms. The quantitative estimate of drug-likeness (QED) is 0.728. The summed E-state index contributed by atoms with van der Waals surface area (Å²) in [5.41, 5.74) is 0. The smallest absolute Gasteiger partial charge is 0.148 e. The van der Waals surface area contributed by atoms with E-state index in [1.165, 1.54) is 25.0 Å². The van der Waals surface area contributed by atoms with Crippen molar-refractivity contribution in [2.45, 2.75) is 57.6 Å². The van der Waals surface area contributed by atoms with Gasteiger partial charge in [-0.1, -0.05) is 20.3 Å². The van der Waals surface area contributed by atoms with Crippen molar-refractivity contribution < 1.29 is 4.79 Å². The maximum atomic E-state index is 12.4. The van der Waals surface area contributed by atoms with Gasteiger partial charge in [-0.25, -0.2) is 0 Å². The Labute approximate surface area is 104 Å². The summed E-state index contributed by atoms with van der Waals surface area (Å²) in [5.74, 6) is 3.68. The van der Waals surface area contributed by atoms with Gasteiger partial charge in [0.25, 0.3) is 0 Å². The van der Waals surface area contributed by atoms with Crippen LogP contribution in [0.2, 0.25) is 0 Å². The molecule has 3 atom stereocenters. The maximum Gasteiger partial charge on any atom is 0.148 e. The maximum absolute atomic E-state index is 12.4. The summed E-state index contributed by atoms with van der Waals surface area (Å²) in [7, 11) is 0. The third kappa shape index (κ3) is 3.03. The number of Topliss-reactive ketones (excluding diaryl/α,β-unsaturated/α-hetero) is 1. The van der Waals surface area contributed by atoms with E-state index in [1.807, 2.05) is 11.8 Å². The number of hydrogen-bond acceptors (Lipinski definition) is 2. The van der Waals surface area contributed by atoms with Crippen LogP contribution in [0.15, 0.2) is 0 Å². The average Bonchev–Trinajstić information content (AvgIpc) is 2.28. The van der Waals surface area contributed by atoms with Crippen LogP contribution in [-0.4, -0.2) is 16.8 Å². The van der Waals surface area contributed by atoms with Crippen LogP contribution >= 0.6 is 11.8 Å². The van der Waals surface area contributed by atoms with Crippen molar-refractivity contribution in [1.82, 2.24) is 0 Å². The summed E-state index contributed by atoms with van der Waals surface area (Å²) in [6, 6.07) is 0. The molecule has 2 aliphatic rings. The molecule has 2 rings (SSSR count). The summed E-state index contributed by atoms with van der Waals surface area (Å²) in [4.78, 5) is 12.4. The van der Waals surface area contributed by atoms with E-state index in [4.69, 9.17) is 0 Å². The first-order valence-corrected chi connectivity index (χ1v) is 7.87. The molecule has 0 aromatic carbocycles. The van der Waals surface area contributed by atoms with Crippen molar-refractivity contribution in [1.29, 1.82) is 0 Å². The lowest BCUT2D eigenvalue weighted by Gasteiger charge is -2.33. The number of carbonyl (C=O) groups is 1. The van der Waals surface area contributed by atoms with Gasteiger partial charge in [0.2, 0.25) is 0 Å².